The Morgan fingerprint density at radius 3 is 2.62 bits per heavy atom. The van der Waals surface area contributed by atoms with Gasteiger partial charge >= 0.3 is 11.9 Å². The molecule has 178 valence electrons. The van der Waals surface area contributed by atoms with Crippen LogP contribution in [-0.4, -0.2) is 58.3 Å². The van der Waals surface area contributed by atoms with Crippen molar-refractivity contribution in [3.8, 4) is 0 Å². The van der Waals surface area contributed by atoms with Gasteiger partial charge in [0.25, 0.3) is 0 Å². The lowest BCUT2D eigenvalue weighted by Crippen LogP contribution is -2.67. The number of aliphatic hydroxyl groups is 2. The number of aliphatic hydroxyl groups excluding tert-OH is 1. The highest BCUT2D eigenvalue weighted by Crippen LogP contribution is 2.69. The molecule has 0 aromatic heterocycles. The van der Waals surface area contributed by atoms with Gasteiger partial charge in [0, 0.05) is 11.5 Å². The topological polar surface area (TPSA) is 113 Å². The number of carboxylic acids is 1. The second-order valence-corrected chi connectivity index (χ2v) is 11.5. The van der Waals surface area contributed by atoms with Crippen LogP contribution in [0.15, 0.2) is 11.6 Å². The molecule has 32 heavy (non-hydrogen) atoms. The fourth-order valence-electron chi connectivity index (χ4n) is 8.69. The van der Waals surface area contributed by atoms with Gasteiger partial charge in [-0.1, -0.05) is 13.8 Å². The molecule has 4 aliphatic carbocycles. The summed E-state index contributed by atoms with van der Waals surface area (Å²) in [6, 6.07) is 0. The van der Waals surface area contributed by atoms with Crippen LogP contribution in [0, 0.1) is 34.5 Å². The van der Waals surface area contributed by atoms with E-state index in [0.717, 1.165) is 44.1 Å². The molecule has 0 spiro atoms. The number of hydrogen-bond acceptors (Lipinski definition) is 6. The second-order valence-electron chi connectivity index (χ2n) is 11.5. The standard InChI is InChI=1S/C25H36O7/c1-23-7-5-16(31-13-21(27)28)10-15(23)3-4-18-19(23)11-20(26)24(2)17(6-8-25(18,24)30)14-9-22(29)32-12-14/h9,15-20,26,30H,3-8,10-13H2,1-2H3,(H,27,28)/t15-,16+,17-,18-,19+,20-,23+,24+,25+/m1/s1. The minimum Gasteiger partial charge on any atom is -0.480 e. The number of carboxylic acid groups (broad SMARTS) is 1. The average Bonchev–Trinajstić information content (AvgIpc) is 3.28. The normalized spacial score (nSPS) is 50.1. The van der Waals surface area contributed by atoms with Crippen molar-refractivity contribution in [3.63, 3.8) is 0 Å². The molecule has 0 amide bonds. The molecule has 7 heteroatoms. The Morgan fingerprint density at radius 1 is 1.16 bits per heavy atom. The zero-order chi connectivity index (χ0) is 22.9. The van der Waals surface area contributed by atoms with Gasteiger partial charge in [-0.15, -0.1) is 0 Å². The van der Waals surface area contributed by atoms with E-state index in [-0.39, 0.29) is 48.5 Å². The number of esters is 1. The third-order valence-corrected chi connectivity index (χ3v) is 10.5. The number of aliphatic carboxylic acids is 1. The van der Waals surface area contributed by atoms with Crippen molar-refractivity contribution in [1.82, 2.24) is 0 Å². The lowest BCUT2D eigenvalue weighted by molar-refractivity contribution is -0.245. The highest BCUT2D eigenvalue weighted by molar-refractivity contribution is 5.85. The summed E-state index contributed by atoms with van der Waals surface area (Å²) in [6.07, 6.45) is 7.48. The molecular weight excluding hydrogens is 412 g/mol. The minimum absolute atomic E-state index is 0.00777. The van der Waals surface area contributed by atoms with E-state index in [0.29, 0.717) is 18.8 Å². The van der Waals surface area contributed by atoms with Crippen molar-refractivity contribution < 1.29 is 34.4 Å². The summed E-state index contributed by atoms with van der Waals surface area (Å²) in [7, 11) is 0. The van der Waals surface area contributed by atoms with Gasteiger partial charge in [0.1, 0.15) is 13.2 Å². The zero-order valence-electron chi connectivity index (χ0n) is 19.1. The maximum Gasteiger partial charge on any atom is 0.331 e. The molecule has 1 aliphatic heterocycles. The van der Waals surface area contributed by atoms with Gasteiger partial charge < -0.3 is 24.8 Å². The Hall–Kier alpha value is -1.44. The molecule has 5 rings (SSSR count). The van der Waals surface area contributed by atoms with Gasteiger partial charge in [-0.3, -0.25) is 0 Å². The van der Waals surface area contributed by atoms with Crippen LogP contribution in [0.4, 0.5) is 0 Å². The number of rotatable bonds is 4. The van der Waals surface area contributed by atoms with Crippen LogP contribution in [-0.2, 0) is 19.1 Å². The van der Waals surface area contributed by atoms with E-state index in [1.807, 2.05) is 6.92 Å². The van der Waals surface area contributed by atoms with Crippen LogP contribution >= 0.6 is 0 Å². The predicted molar refractivity (Wildman–Crippen MR) is 114 cm³/mol. The molecule has 4 saturated carbocycles. The number of fused-ring (bicyclic) bond motifs is 5. The Morgan fingerprint density at radius 2 is 1.94 bits per heavy atom. The van der Waals surface area contributed by atoms with Gasteiger partial charge in [0.05, 0.1) is 17.8 Å². The third kappa shape index (κ3) is 3.03. The van der Waals surface area contributed by atoms with Gasteiger partial charge in [-0.2, -0.15) is 0 Å². The second kappa shape index (κ2) is 7.54. The molecule has 0 unspecified atom stereocenters. The summed E-state index contributed by atoms with van der Waals surface area (Å²) in [5.74, 6) is -0.532. The van der Waals surface area contributed by atoms with Crippen LogP contribution in [0.25, 0.3) is 0 Å². The number of hydrogen-bond donors (Lipinski definition) is 3. The van der Waals surface area contributed by atoms with Crippen molar-refractivity contribution in [3.05, 3.63) is 11.6 Å². The molecule has 0 saturated heterocycles. The van der Waals surface area contributed by atoms with Crippen molar-refractivity contribution in [2.45, 2.75) is 83.0 Å². The summed E-state index contributed by atoms with van der Waals surface area (Å²) >= 11 is 0. The highest BCUT2D eigenvalue weighted by Gasteiger charge is 2.70. The first kappa shape index (κ1) is 22.4. The van der Waals surface area contributed by atoms with E-state index in [4.69, 9.17) is 14.6 Å². The molecule has 7 nitrogen and oxygen atoms in total. The molecule has 4 fully saturated rings. The summed E-state index contributed by atoms with van der Waals surface area (Å²) < 4.78 is 10.8. The van der Waals surface area contributed by atoms with E-state index in [1.165, 1.54) is 0 Å². The van der Waals surface area contributed by atoms with Gasteiger partial charge in [0.15, 0.2) is 0 Å². The first-order valence-electron chi connectivity index (χ1n) is 12.2. The summed E-state index contributed by atoms with van der Waals surface area (Å²) in [6.45, 7) is 4.37. The molecule has 9 atom stereocenters. The largest absolute Gasteiger partial charge is 0.480 e. The average molecular weight is 449 g/mol. The summed E-state index contributed by atoms with van der Waals surface area (Å²) in [5.41, 5.74) is -0.717. The third-order valence-electron chi connectivity index (χ3n) is 10.5. The summed E-state index contributed by atoms with van der Waals surface area (Å²) in [4.78, 5) is 22.6. The fraction of sp³-hybridized carbons (Fsp3) is 0.840. The Bertz CT molecular complexity index is 838. The van der Waals surface area contributed by atoms with E-state index in [9.17, 15) is 19.8 Å². The maximum absolute atomic E-state index is 12.2. The zero-order valence-corrected chi connectivity index (χ0v) is 19.1. The summed E-state index contributed by atoms with van der Waals surface area (Å²) in [5, 5.41) is 32.7. The lowest BCUT2D eigenvalue weighted by Gasteiger charge is -2.65. The van der Waals surface area contributed by atoms with Gasteiger partial charge in [0.2, 0.25) is 0 Å². The highest BCUT2D eigenvalue weighted by atomic mass is 16.5. The van der Waals surface area contributed by atoms with E-state index < -0.39 is 23.1 Å². The van der Waals surface area contributed by atoms with E-state index >= 15 is 0 Å². The van der Waals surface area contributed by atoms with Crippen LogP contribution in [0.2, 0.25) is 0 Å². The number of ether oxygens (including phenoxy) is 2. The Labute approximate surface area is 189 Å². The molecule has 0 radical (unpaired) electrons. The Balaban J connectivity index is 1.40. The van der Waals surface area contributed by atoms with Crippen LogP contribution in [0.5, 0.6) is 0 Å². The molecule has 5 aliphatic rings. The first-order valence-corrected chi connectivity index (χ1v) is 12.2. The maximum atomic E-state index is 12.2. The van der Waals surface area contributed by atoms with E-state index in [1.54, 1.807) is 6.08 Å². The number of carbonyl (C=O) groups excluding carboxylic acids is 1. The van der Waals surface area contributed by atoms with Crippen LogP contribution in [0.1, 0.15) is 65.2 Å². The number of cyclic esters (lactones) is 1. The smallest absolute Gasteiger partial charge is 0.331 e. The molecule has 3 N–H and O–H groups in total. The first-order chi connectivity index (χ1) is 15.1. The minimum atomic E-state index is -0.961. The van der Waals surface area contributed by atoms with Crippen LogP contribution < -0.4 is 0 Å². The fourth-order valence-corrected chi connectivity index (χ4v) is 8.69. The van der Waals surface area contributed by atoms with Crippen molar-refractivity contribution in [1.29, 1.82) is 0 Å². The van der Waals surface area contributed by atoms with Gasteiger partial charge in [-0.05, 0) is 86.0 Å². The molecule has 1 heterocycles. The van der Waals surface area contributed by atoms with Crippen molar-refractivity contribution in [2.24, 2.45) is 34.5 Å². The molecule has 0 aromatic carbocycles. The molecule has 0 aromatic rings. The molecular formula is C25H36O7. The molecule has 0 bridgehead atoms. The van der Waals surface area contributed by atoms with Crippen LogP contribution in [0.3, 0.4) is 0 Å². The lowest BCUT2D eigenvalue weighted by atomic mass is 9.42. The number of carbonyl (C=O) groups is 2. The SMILES string of the molecule is C[C@]12CC[C@H](OCC(=O)O)C[C@H]1CC[C@@H]1[C@@H]2C[C@@H](O)[C@]2(C)[C@@H](C3=CC(=O)OC3)CC[C@]12O. The monoisotopic (exact) mass is 448 g/mol. The Kier molecular flexibility index (Phi) is 5.27. The van der Waals surface area contributed by atoms with Crippen molar-refractivity contribution >= 4 is 11.9 Å². The van der Waals surface area contributed by atoms with Gasteiger partial charge in [-0.25, -0.2) is 9.59 Å². The van der Waals surface area contributed by atoms with E-state index in [2.05, 4.69) is 6.92 Å². The predicted octanol–water partition coefficient (Wildman–Crippen LogP) is 2.68. The van der Waals surface area contributed by atoms with Crippen molar-refractivity contribution in [2.75, 3.05) is 13.2 Å². The quantitative estimate of drug-likeness (QED) is 0.567.